The maximum atomic E-state index is 13.5. The van der Waals surface area contributed by atoms with Crippen LogP contribution in [0.1, 0.15) is 40.2 Å². The number of nitrogens with one attached hydrogen (secondary N) is 3. The van der Waals surface area contributed by atoms with E-state index in [9.17, 15) is 9.18 Å². The van der Waals surface area contributed by atoms with Crippen molar-refractivity contribution >= 4 is 22.8 Å². The predicted molar refractivity (Wildman–Crippen MR) is 86.6 cm³/mol. The summed E-state index contributed by atoms with van der Waals surface area (Å²) >= 11 is 0. The lowest BCUT2D eigenvalue weighted by molar-refractivity contribution is 0.0975. The quantitative estimate of drug-likeness (QED) is 0.393. The number of H-pyrrole nitrogens is 1. The van der Waals surface area contributed by atoms with Crippen molar-refractivity contribution in [1.82, 2.24) is 20.3 Å². The van der Waals surface area contributed by atoms with Crippen molar-refractivity contribution < 1.29 is 9.18 Å². The number of aromatic nitrogens is 3. The number of carbonyl (C=O) groups is 1. The van der Waals surface area contributed by atoms with Gasteiger partial charge in [-0.05, 0) is 36.5 Å². The molecule has 1 aliphatic carbocycles. The Morgan fingerprint density at radius 3 is 2.92 bits per heavy atom. The lowest BCUT2D eigenvalue weighted by atomic mass is 10.1. The molecule has 0 aromatic carbocycles. The fourth-order valence-corrected chi connectivity index (χ4v) is 2.78. The molecule has 0 saturated heterocycles. The Labute approximate surface area is 136 Å². The van der Waals surface area contributed by atoms with Crippen LogP contribution in [0.2, 0.25) is 0 Å². The number of halogens is 1. The summed E-state index contributed by atoms with van der Waals surface area (Å²) < 4.78 is 13.5. The van der Waals surface area contributed by atoms with E-state index < -0.39 is 11.9 Å². The molecule has 0 spiro atoms. The molecule has 0 atom stereocenters. The largest absolute Gasteiger partial charge is 0.346 e. The fraction of sp³-hybridized carbons (Fsp3) is 0.176. The van der Waals surface area contributed by atoms with E-state index in [1.165, 1.54) is 6.20 Å². The SMILES string of the molecule is N=C(NC(=O)c1cc(F)ncc1C1CC1)c1ccnc2[nH]ccc12. The number of rotatable bonds is 3. The van der Waals surface area contributed by atoms with Gasteiger partial charge in [-0.1, -0.05) is 0 Å². The van der Waals surface area contributed by atoms with E-state index >= 15 is 0 Å². The van der Waals surface area contributed by atoms with Crippen molar-refractivity contribution in [3.05, 3.63) is 59.4 Å². The fourth-order valence-electron chi connectivity index (χ4n) is 2.78. The molecule has 24 heavy (non-hydrogen) atoms. The van der Waals surface area contributed by atoms with Crippen LogP contribution in [0.3, 0.4) is 0 Å². The number of amidine groups is 1. The minimum atomic E-state index is -0.701. The minimum Gasteiger partial charge on any atom is -0.346 e. The number of hydrogen-bond acceptors (Lipinski definition) is 4. The van der Waals surface area contributed by atoms with Crippen LogP contribution in [0.25, 0.3) is 11.0 Å². The van der Waals surface area contributed by atoms with Gasteiger partial charge in [-0.15, -0.1) is 0 Å². The number of aromatic amines is 1. The number of amides is 1. The highest BCUT2D eigenvalue weighted by molar-refractivity contribution is 6.16. The summed E-state index contributed by atoms with van der Waals surface area (Å²) in [6.45, 7) is 0. The Hall–Kier alpha value is -3.09. The summed E-state index contributed by atoms with van der Waals surface area (Å²) in [5, 5.41) is 11.5. The molecule has 6 nitrogen and oxygen atoms in total. The molecule has 7 heteroatoms. The zero-order valence-corrected chi connectivity index (χ0v) is 12.6. The molecule has 0 bridgehead atoms. The second kappa shape index (κ2) is 5.52. The minimum absolute atomic E-state index is 0.0500. The van der Waals surface area contributed by atoms with Crippen molar-refractivity contribution in [1.29, 1.82) is 5.41 Å². The van der Waals surface area contributed by atoms with Gasteiger partial charge in [-0.2, -0.15) is 4.39 Å². The summed E-state index contributed by atoms with van der Waals surface area (Å²) in [7, 11) is 0. The highest BCUT2D eigenvalue weighted by Crippen LogP contribution is 2.41. The Balaban J connectivity index is 1.64. The molecule has 0 unspecified atom stereocenters. The van der Waals surface area contributed by atoms with E-state index in [4.69, 9.17) is 5.41 Å². The van der Waals surface area contributed by atoms with Gasteiger partial charge >= 0.3 is 0 Å². The first kappa shape index (κ1) is 14.5. The van der Waals surface area contributed by atoms with Crippen molar-refractivity contribution in [2.45, 2.75) is 18.8 Å². The molecule has 1 aliphatic rings. The van der Waals surface area contributed by atoms with Crippen LogP contribution in [0, 0.1) is 11.4 Å². The Kier molecular flexibility index (Phi) is 3.34. The van der Waals surface area contributed by atoms with Gasteiger partial charge in [-0.3, -0.25) is 10.2 Å². The third-order valence-electron chi connectivity index (χ3n) is 4.13. The molecular weight excluding hydrogens is 309 g/mol. The number of fused-ring (bicyclic) bond motifs is 1. The molecule has 1 saturated carbocycles. The lowest BCUT2D eigenvalue weighted by Gasteiger charge is -2.11. The number of pyridine rings is 2. The van der Waals surface area contributed by atoms with Crippen LogP contribution in [0.5, 0.6) is 0 Å². The Morgan fingerprint density at radius 1 is 1.29 bits per heavy atom. The van der Waals surface area contributed by atoms with Gasteiger partial charge in [0, 0.05) is 41.2 Å². The van der Waals surface area contributed by atoms with Crippen LogP contribution in [-0.4, -0.2) is 26.7 Å². The maximum absolute atomic E-state index is 13.5. The van der Waals surface area contributed by atoms with E-state index in [-0.39, 0.29) is 17.3 Å². The third-order valence-corrected chi connectivity index (χ3v) is 4.13. The average molecular weight is 323 g/mol. The monoisotopic (exact) mass is 323 g/mol. The lowest BCUT2D eigenvalue weighted by Crippen LogP contribution is -2.31. The van der Waals surface area contributed by atoms with Gasteiger partial charge < -0.3 is 10.3 Å². The van der Waals surface area contributed by atoms with Crippen LogP contribution < -0.4 is 5.32 Å². The summed E-state index contributed by atoms with van der Waals surface area (Å²) in [6, 6.07) is 4.59. The molecule has 3 N–H and O–H groups in total. The molecule has 4 rings (SSSR count). The molecule has 3 heterocycles. The van der Waals surface area contributed by atoms with Gasteiger partial charge in [-0.25, -0.2) is 9.97 Å². The van der Waals surface area contributed by atoms with Crippen molar-refractivity contribution in [3.8, 4) is 0 Å². The van der Waals surface area contributed by atoms with E-state index in [1.807, 2.05) is 0 Å². The molecular formula is C17H14FN5O. The molecule has 1 amide bonds. The summed E-state index contributed by atoms with van der Waals surface area (Å²) in [5.74, 6) is -0.993. The van der Waals surface area contributed by atoms with Crippen LogP contribution in [0.15, 0.2) is 36.8 Å². The first-order valence-electron chi connectivity index (χ1n) is 7.61. The standard InChI is InChI=1S/C17H14FN5O/c18-14-7-12(13(8-22-14)9-1-2-9)17(24)23-15(19)10-3-5-20-16-11(10)4-6-21-16/h3-9H,1-2H2,(H,20,21)(H2,19,23,24). The second-order valence-corrected chi connectivity index (χ2v) is 5.80. The summed E-state index contributed by atoms with van der Waals surface area (Å²) in [4.78, 5) is 23.3. The van der Waals surface area contributed by atoms with Gasteiger partial charge in [0.05, 0.1) is 0 Å². The molecule has 120 valence electrons. The Bertz CT molecular complexity index is 961. The first-order chi connectivity index (χ1) is 11.6. The summed E-state index contributed by atoms with van der Waals surface area (Å²) in [6.07, 6.45) is 6.65. The topological polar surface area (TPSA) is 94.5 Å². The third kappa shape index (κ3) is 2.54. The predicted octanol–water partition coefficient (Wildman–Crippen LogP) is 2.73. The second-order valence-electron chi connectivity index (χ2n) is 5.80. The maximum Gasteiger partial charge on any atom is 0.257 e. The van der Waals surface area contributed by atoms with E-state index in [0.717, 1.165) is 29.9 Å². The smallest absolute Gasteiger partial charge is 0.257 e. The average Bonchev–Trinajstić information content (AvgIpc) is 3.30. The summed E-state index contributed by atoms with van der Waals surface area (Å²) in [5.41, 5.74) is 2.18. The zero-order chi connectivity index (χ0) is 16.7. The van der Waals surface area contributed by atoms with Crippen LogP contribution >= 0.6 is 0 Å². The molecule has 1 fully saturated rings. The number of nitrogens with zero attached hydrogens (tertiary/aromatic N) is 2. The highest BCUT2D eigenvalue weighted by atomic mass is 19.1. The molecule has 3 aromatic rings. The van der Waals surface area contributed by atoms with Crippen molar-refractivity contribution in [2.75, 3.05) is 0 Å². The van der Waals surface area contributed by atoms with Crippen LogP contribution in [-0.2, 0) is 0 Å². The normalized spacial score (nSPS) is 13.9. The molecule has 0 aliphatic heterocycles. The van der Waals surface area contributed by atoms with E-state index in [0.29, 0.717) is 11.2 Å². The number of carbonyl (C=O) groups excluding carboxylic acids is 1. The van der Waals surface area contributed by atoms with E-state index in [2.05, 4.69) is 20.3 Å². The van der Waals surface area contributed by atoms with Crippen molar-refractivity contribution in [3.63, 3.8) is 0 Å². The van der Waals surface area contributed by atoms with Gasteiger partial charge in [0.25, 0.3) is 5.91 Å². The highest BCUT2D eigenvalue weighted by Gasteiger charge is 2.29. The van der Waals surface area contributed by atoms with Crippen LogP contribution in [0.4, 0.5) is 4.39 Å². The molecule has 3 aromatic heterocycles. The zero-order valence-electron chi connectivity index (χ0n) is 12.6. The first-order valence-corrected chi connectivity index (χ1v) is 7.61. The van der Waals surface area contributed by atoms with Crippen molar-refractivity contribution in [2.24, 2.45) is 0 Å². The van der Waals surface area contributed by atoms with Gasteiger partial charge in [0.15, 0.2) is 0 Å². The number of hydrogen-bond donors (Lipinski definition) is 3. The van der Waals surface area contributed by atoms with E-state index in [1.54, 1.807) is 24.5 Å². The Morgan fingerprint density at radius 2 is 2.12 bits per heavy atom. The van der Waals surface area contributed by atoms with Gasteiger partial charge in [0.1, 0.15) is 11.5 Å². The molecule has 0 radical (unpaired) electrons. The van der Waals surface area contributed by atoms with Gasteiger partial charge in [0.2, 0.25) is 5.95 Å².